The maximum Gasteiger partial charge on any atom is 0.243 e. The summed E-state index contributed by atoms with van der Waals surface area (Å²) in [6.07, 6.45) is 1.29. The van der Waals surface area contributed by atoms with Crippen molar-refractivity contribution in [2.75, 3.05) is 32.0 Å². The summed E-state index contributed by atoms with van der Waals surface area (Å²) in [5.74, 6) is -1.53. The van der Waals surface area contributed by atoms with Gasteiger partial charge >= 0.3 is 0 Å². The maximum atomic E-state index is 13.4. The summed E-state index contributed by atoms with van der Waals surface area (Å²) in [4.78, 5) is -0.143. The van der Waals surface area contributed by atoms with E-state index >= 15 is 0 Å². The SMILES string of the molecule is Nc1cc(F)cc(S(=O)(=O)N2CCCC3(C2)OCCO3)c1. The van der Waals surface area contributed by atoms with Gasteiger partial charge in [-0.3, -0.25) is 0 Å². The molecule has 3 rings (SSSR count). The molecule has 1 spiro atoms. The van der Waals surface area contributed by atoms with E-state index in [2.05, 4.69) is 0 Å². The van der Waals surface area contributed by atoms with Crippen LogP contribution in [0.1, 0.15) is 12.8 Å². The van der Waals surface area contributed by atoms with Crippen molar-refractivity contribution in [3.63, 3.8) is 0 Å². The fourth-order valence-electron chi connectivity index (χ4n) is 2.77. The quantitative estimate of drug-likeness (QED) is 0.821. The average Bonchev–Trinajstić information content (AvgIpc) is 2.85. The highest BCUT2D eigenvalue weighted by atomic mass is 32.2. The van der Waals surface area contributed by atoms with E-state index in [4.69, 9.17) is 15.2 Å². The van der Waals surface area contributed by atoms with Crippen LogP contribution in [-0.2, 0) is 19.5 Å². The second-order valence-electron chi connectivity index (χ2n) is 5.27. The molecule has 0 atom stereocenters. The third-order valence-corrected chi connectivity index (χ3v) is 5.55. The van der Waals surface area contributed by atoms with Crippen molar-refractivity contribution in [3.8, 4) is 0 Å². The van der Waals surface area contributed by atoms with Crippen LogP contribution >= 0.6 is 0 Å². The number of nitrogen functional groups attached to an aromatic ring is 1. The van der Waals surface area contributed by atoms with Crippen LogP contribution in [0.3, 0.4) is 0 Å². The molecule has 0 amide bonds. The van der Waals surface area contributed by atoms with Gasteiger partial charge in [0.2, 0.25) is 10.0 Å². The maximum absolute atomic E-state index is 13.4. The van der Waals surface area contributed by atoms with Crippen LogP contribution in [0.15, 0.2) is 23.1 Å². The number of halogens is 1. The average molecular weight is 316 g/mol. The van der Waals surface area contributed by atoms with E-state index in [1.807, 2.05) is 0 Å². The van der Waals surface area contributed by atoms with Gasteiger partial charge in [0.25, 0.3) is 0 Å². The number of sulfonamides is 1. The van der Waals surface area contributed by atoms with Gasteiger partial charge in [-0.2, -0.15) is 4.31 Å². The molecular weight excluding hydrogens is 299 g/mol. The smallest absolute Gasteiger partial charge is 0.243 e. The van der Waals surface area contributed by atoms with E-state index in [1.165, 1.54) is 10.4 Å². The number of anilines is 1. The molecule has 0 aromatic heterocycles. The molecule has 0 radical (unpaired) electrons. The summed E-state index contributed by atoms with van der Waals surface area (Å²) in [5, 5.41) is 0. The highest BCUT2D eigenvalue weighted by molar-refractivity contribution is 7.89. The lowest BCUT2D eigenvalue weighted by atomic mass is 10.1. The lowest BCUT2D eigenvalue weighted by Gasteiger charge is -2.37. The van der Waals surface area contributed by atoms with Crippen molar-refractivity contribution in [3.05, 3.63) is 24.0 Å². The van der Waals surface area contributed by atoms with Crippen molar-refractivity contribution < 1.29 is 22.3 Å². The molecule has 2 saturated heterocycles. The van der Waals surface area contributed by atoms with E-state index in [9.17, 15) is 12.8 Å². The van der Waals surface area contributed by atoms with Gasteiger partial charge in [-0.1, -0.05) is 0 Å². The third-order valence-electron chi connectivity index (χ3n) is 3.73. The fraction of sp³-hybridized carbons (Fsp3) is 0.538. The molecule has 2 aliphatic rings. The van der Waals surface area contributed by atoms with Gasteiger partial charge in [0.15, 0.2) is 5.79 Å². The summed E-state index contributed by atoms with van der Waals surface area (Å²) >= 11 is 0. The molecule has 0 bridgehead atoms. The van der Waals surface area contributed by atoms with Gasteiger partial charge in [-0.05, 0) is 24.6 Å². The van der Waals surface area contributed by atoms with Crippen molar-refractivity contribution in [1.29, 1.82) is 0 Å². The Labute approximate surface area is 122 Å². The number of rotatable bonds is 2. The van der Waals surface area contributed by atoms with Crippen LogP contribution in [0, 0.1) is 5.82 Å². The van der Waals surface area contributed by atoms with E-state index in [1.54, 1.807) is 0 Å². The van der Waals surface area contributed by atoms with Crippen LogP contribution in [0.25, 0.3) is 0 Å². The number of ether oxygens (including phenoxy) is 2. The molecule has 21 heavy (non-hydrogen) atoms. The zero-order valence-corrected chi connectivity index (χ0v) is 12.2. The molecule has 116 valence electrons. The molecule has 0 aliphatic carbocycles. The summed E-state index contributed by atoms with van der Waals surface area (Å²) in [6.45, 7) is 1.39. The summed E-state index contributed by atoms with van der Waals surface area (Å²) < 4.78 is 51.1. The van der Waals surface area contributed by atoms with Gasteiger partial charge in [0, 0.05) is 18.7 Å². The standard InChI is InChI=1S/C13H17FN2O4S/c14-10-6-11(15)8-12(7-10)21(17,18)16-3-1-2-13(9-16)19-4-5-20-13/h6-8H,1-5,9,15H2. The van der Waals surface area contributed by atoms with Crippen LogP contribution < -0.4 is 5.73 Å². The van der Waals surface area contributed by atoms with Gasteiger partial charge in [0.1, 0.15) is 5.82 Å². The lowest BCUT2D eigenvalue weighted by Crippen LogP contribution is -2.50. The van der Waals surface area contributed by atoms with Crippen molar-refractivity contribution >= 4 is 15.7 Å². The summed E-state index contributed by atoms with van der Waals surface area (Å²) in [5.41, 5.74) is 5.61. The normalized spacial score (nSPS) is 22.7. The van der Waals surface area contributed by atoms with Gasteiger partial charge in [-0.15, -0.1) is 0 Å². The Hall–Kier alpha value is -1.22. The van der Waals surface area contributed by atoms with Gasteiger partial charge in [0.05, 0.1) is 24.7 Å². The molecule has 6 nitrogen and oxygen atoms in total. The Bertz CT molecular complexity index is 623. The molecule has 0 unspecified atom stereocenters. The predicted octanol–water partition coefficient (Wildman–Crippen LogP) is 0.935. The molecule has 2 N–H and O–H groups in total. The minimum absolute atomic E-state index is 0.0775. The Balaban J connectivity index is 1.90. The minimum Gasteiger partial charge on any atom is -0.399 e. The predicted molar refractivity (Wildman–Crippen MR) is 73.4 cm³/mol. The molecule has 8 heteroatoms. The summed E-state index contributed by atoms with van der Waals surface area (Å²) in [6, 6.07) is 3.32. The van der Waals surface area contributed by atoms with Crippen molar-refractivity contribution in [2.45, 2.75) is 23.5 Å². The van der Waals surface area contributed by atoms with E-state index in [-0.39, 0.29) is 17.1 Å². The molecular formula is C13H17FN2O4S. The molecule has 0 saturated carbocycles. The van der Waals surface area contributed by atoms with Crippen molar-refractivity contribution in [1.82, 2.24) is 4.31 Å². The number of benzene rings is 1. The van der Waals surface area contributed by atoms with Crippen LogP contribution in [0.2, 0.25) is 0 Å². The first-order valence-corrected chi connectivity index (χ1v) is 8.19. The third kappa shape index (κ3) is 2.76. The Morgan fingerprint density at radius 2 is 1.95 bits per heavy atom. The summed E-state index contributed by atoms with van der Waals surface area (Å²) in [7, 11) is -3.82. The Kier molecular flexibility index (Phi) is 3.64. The first-order valence-electron chi connectivity index (χ1n) is 6.75. The minimum atomic E-state index is -3.82. The van der Waals surface area contributed by atoms with Crippen LogP contribution in [0.5, 0.6) is 0 Å². The topological polar surface area (TPSA) is 81.9 Å². The molecule has 1 aromatic rings. The zero-order valence-electron chi connectivity index (χ0n) is 11.4. The second-order valence-corrected chi connectivity index (χ2v) is 7.21. The van der Waals surface area contributed by atoms with Gasteiger partial charge in [-0.25, -0.2) is 12.8 Å². The largest absolute Gasteiger partial charge is 0.399 e. The highest BCUT2D eigenvalue weighted by Crippen LogP contribution is 2.33. The zero-order chi connectivity index (χ0) is 15.1. The number of nitrogens with zero attached hydrogens (tertiary/aromatic N) is 1. The number of hydrogen-bond acceptors (Lipinski definition) is 5. The number of nitrogens with two attached hydrogens (primary N) is 1. The van der Waals surface area contributed by atoms with E-state index in [0.717, 1.165) is 12.1 Å². The van der Waals surface area contributed by atoms with Crippen LogP contribution in [-0.4, -0.2) is 44.8 Å². The first kappa shape index (κ1) is 14.7. The second kappa shape index (κ2) is 5.20. The fourth-order valence-corrected chi connectivity index (χ4v) is 4.35. The highest BCUT2D eigenvalue weighted by Gasteiger charge is 2.44. The van der Waals surface area contributed by atoms with Gasteiger partial charge < -0.3 is 15.2 Å². The van der Waals surface area contributed by atoms with E-state index in [0.29, 0.717) is 32.6 Å². The number of piperidine rings is 1. The molecule has 2 aliphatic heterocycles. The molecule has 1 aromatic carbocycles. The lowest BCUT2D eigenvalue weighted by molar-refractivity contribution is -0.179. The van der Waals surface area contributed by atoms with Crippen LogP contribution in [0.4, 0.5) is 10.1 Å². The van der Waals surface area contributed by atoms with E-state index < -0.39 is 21.6 Å². The molecule has 2 fully saturated rings. The first-order chi connectivity index (χ1) is 9.91. The number of hydrogen-bond donors (Lipinski definition) is 1. The Morgan fingerprint density at radius 1 is 1.24 bits per heavy atom. The monoisotopic (exact) mass is 316 g/mol. The van der Waals surface area contributed by atoms with Crippen molar-refractivity contribution in [2.24, 2.45) is 0 Å². The molecule has 2 heterocycles. The Morgan fingerprint density at radius 3 is 2.62 bits per heavy atom.